The van der Waals surface area contributed by atoms with Gasteiger partial charge in [0, 0.05) is 11.5 Å². The number of aromatic nitrogens is 1. The Morgan fingerprint density at radius 1 is 1.64 bits per heavy atom. The average molecular weight is 378 g/mol. The molecule has 14 heavy (non-hydrogen) atoms. The first-order valence-electron chi connectivity index (χ1n) is 3.67. The molecule has 0 saturated heterocycles. The van der Waals surface area contributed by atoms with Crippen LogP contribution in [0.5, 0.6) is 5.75 Å². The number of ether oxygens (including phenoxy) is 1. The van der Waals surface area contributed by atoms with Gasteiger partial charge in [-0.1, -0.05) is 15.9 Å². The quantitative estimate of drug-likeness (QED) is 0.594. The highest BCUT2D eigenvalue weighted by Gasteiger charge is 2.21. The second-order valence-corrected chi connectivity index (χ2v) is 4.16. The van der Waals surface area contributed by atoms with Crippen molar-refractivity contribution in [3.05, 3.63) is 21.0 Å². The molecule has 0 aromatic carbocycles. The van der Waals surface area contributed by atoms with Crippen molar-refractivity contribution in [2.24, 2.45) is 0 Å². The Hall–Kier alpha value is 0.0200. The molecule has 0 spiro atoms. The molecule has 0 radical (unpaired) electrons. The van der Waals surface area contributed by atoms with Crippen LogP contribution in [-0.4, -0.2) is 12.1 Å². The normalized spacial score (nSPS) is 10.7. The molecular formula is C8H7BrF2INO. The topological polar surface area (TPSA) is 22.1 Å². The maximum absolute atomic E-state index is 12.7. The number of rotatable bonds is 3. The van der Waals surface area contributed by atoms with E-state index in [1.54, 1.807) is 0 Å². The number of hydrogen-bond donors (Lipinski definition) is 0. The van der Waals surface area contributed by atoms with E-state index in [0.29, 0.717) is 14.6 Å². The number of alkyl halides is 3. The van der Waals surface area contributed by atoms with Gasteiger partial charge in [-0.05, 0) is 22.6 Å². The standard InChI is InChI=1S/C8H7BrF2INO/c1-14-7-4(12)3-13-5(2-9)6(7)8(10)11/h3,8H,2H2,1H3. The van der Waals surface area contributed by atoms with Gasteiger partial charge in [-0.3, -0.25) is 4.98 Å². The number of halogens is 4. The second kappa shape index (κ2) is 5.20. The van der Waals surface area contributed by atoms with Crippen molar-refractivity contribution >= 4 is 38.5 Å². The van der Waals surface area contributed by atoms with Gasteiger partial charge >= 0.3 is 0 Å². The summed E-state index contributed by atoms with van der Waals surface area (Å²) in [6.45, 7) is 0. The number of methoxy groups -OCH3 is 1. The Labute approximate surface area is 102 Å². The highest BCUT2D eigenvalue weighted by molar-refractivity contribution is 14.1. The van der Waals surface area contributed by atoms with Gasteiger partial charge in [-0.2, -0.15) is 0 Å². The van der Waals surface area contributed by atoms with Gasteiger partial charge < -0.3 is 4.74 Å². The van der Waals surface area contributed by atoms with Crippen LogP contribution in [0.1, 0.15) is 17.7 Å². The first kappa shape index (κ1) is 12.1. The SMILES string of the molecule is COc1c(I)cnc(CBr)c1C(F)F. The lowest BCUT2D eigenvalue weighted by Gasteiger charge is -2.12. The molecule has 1 heterocycles. The van der Waals surface area contributed by atoms with Crippen LogP contribution in [0, 0.1) is 3.57 Å². The number of nitrogens with zero attached hydrogens (tertiary/aromatic N) is 1. The highest BCUT2D eigenvalue weighted by atomic mass is 127. The summed E-state index contributed by atoms with van der Waals surface area (Å²) in [5.74, 6) is 0.213. The zero-order valence-electron chi connectivity index (χ0n) is 7.23. The molecule has 0 atom stereocenters. The minimum Gasteiger partial charge on any atom is -0.495 e. The van der Waals surface area contributed by atoms with Crippen LogP contribution in [0.4, 0.5) is 8.78 Å². The largest absolute Gasteiger partial charge is 0.495 e. The number of hydrogen-bond acceptors (Lipinski definition) is 2. The molecule has 6 heteroatoms. The van der Waals surface area contributed by atoms with Crippen molar-refractivity contribution in [3.63, 3.8) is 0 Å². The molecule has 0 fully saturated rings. The summed E-state index contributed by atoms with van der Waals surface area (Å²) >= 11 is 5.03. The molecule has 0 amide bonds. The average Bonchev–Trinajstić information content (AvgIpc) is 2.17. The van der Waals surface area contributed by atoms with E-state index in [9.17, 15) is 8.78 Å². The molecule has 1 rings (SSSR count). The summed E-state index contributed by atoms with van der Waals surface area (Å²) in [5.41, 5.74) is 0.188. The third-order valence-electron chi connectivity index (χ3n) is 1.66. The second-order valence-electron chi connectivity index (χ2n) is 2.43. The van der Waals surface area contributed by atoms with Gasteiger partial charge in [-0.25, -0.2) is 8.78 Å². The summed E-state index contributed by atoms with van der Waals surface area (Å²) in [6.07, 6.45) is -1.05. The van der Waals surface area contributed by atoms with Crippen LogP contribution in [0.2, 0.25) is 0 Å². The molecule has 0 unspecified atom stereocenters. The molecule has 0 aliphatic heterocycles. The van der Waals surface area contributed by atoms with Crippen LogP contribution < -0.4 is 4.74 Å². The van der Waals surface area contributed by atoms with E-state index in [4.69, 9.17) is 4.74 Å². The smallest absolute Gasteiger partial charge is 0.269 e. The van der Waals surface area contributed by atoms with Crippen LogP contribution in [0.15, 0.2) is 6.20 Å². The molecular weight excluding hydrogens is 371 g/mol. The molecule has 1 aromatic heterocycles. The van der Waals surface area contributed by atoms with Gasteiger partial charge in [0.05, 0.1) is 21.9 Å². The fraction of sp³-hybridized carbons (Fsp3) is 0.375. The first-order chi connectivity index (χ1) is 6.61. The van der Waals surface area contributed by atoms with Crippen LogP contribution in [0.25, 0.3) is 0 Å². The lowest BCUT2D eigenvalue weighted by molar-refractivity contribution is 0.145. The Bertz CT molecular complexity index is 335. The zero-order chi connectivity index (χ0) is 10.7. The van der Waals surface area contributed by atoms with Crippen LogP contribution in [-0.2, 0) is 5.33 Å². The molecule has 1 aromatic rings. The Morgan fingerprint density at radius 3 is 2.71 bits per heavy atom. The van der Waals surface area contributed by atoms with Crippen molar-refractivity contribution < 1.29 is 13.5 Å². The zero-order valence-corrected chi connectivity index (χ0v) is 11.0. The predicted octanol–water partition coefficient (Wildman–Crippen LogP) is 3.53. The monoisotopic (exact) mass is 377 g/mol. The minimum atomic E-state index is -2.57. The van der Waals surface area contributed by atoms with E-state index < -0.39 is 6.43 Å². The summed E-state index contributed by atoms with van der Waals surface area (Å²) in [7, 11) is 1.38. The molecule has 0 bridgehead atoms. The Morgan fingerprint density at radius 2 is 2.29 bits per heavy atom. The van der Waals surface area contributed by atoms with Gasteiger partial charge in [0.2, 0.25) is 0 Å². The van der Waals surface area contributed by atoms with E-state index >= 15 is 0 Å². The summed E-state index contributed by atoms with van der Waals surface area (Å²) in [6, 6.07) is 0. The van der Waals surface area contributed by atoms with Crippen molar-refractivity contribution in [1.82, 2.24) is 4.98 Å². The Kier molecular flexibility index (Phi) is 4.49. The molecule has 78 valence electrons. The summed E-state index contributed by atoms with van der Waals surface area (Å²) in [4.78, 5) is 3.91. The van der Waals surface area contributed by atoms with Crippen molar-refractivity contribution in [2.45, 2.75) is 11.8 Å². The lowest BCUT2D eigenvalue weighted by Crippen LogP contribution is -2.02. The maximum atomic E-state index is 12.7. The first-order valence-corrected chi connectivity index (χ1v) is 5.87. The summed E-state index contributed by atoms with van der Waals surface area (Å²) < 4.78 is 30.9. The third-order valence-corrected chi connectivity index (χ3v) is 2.95. The fourth-order valence-corrected chi connectivity index (χ4v) is 2.16. The Balaban J connectivity index is 3.36. The van der Waals surface area contributed by atoms with Gasteiger partial charge in [0.25, 0.3) is 6.43 Å². The minimum absolute atomic E-state index is 0.128. The molecule has 0 saturated carbocycles. The molecule has 0 N–H and O–H groups in total. The van der Waals surface area contributed by atoms with Gasteiger partial charge in [-0.15, -0.1) is 0 Å². The predicted molar refractivity (Wildman–Crippen MR) is 61.1 cm³/mol. The maximum Gasteiger partial charge on any atom is 0.269 e. The third kappa shape index (κ3) is 2.33. The fourth-order valence-electron chi connectivity index (χ4n) is 1.06. The van der Waals surface area contributed by atoms with Gasteiger partial charge in [0.1, 0.15) is 5.75 Å². The van der Waals surface area contributed by atoms with E-state index in [-0.39, 0.29) is 11.3 Å². The van der Waals surface area contributed by atoms with Crippen LogP contribution >= 0.6 is 38.5 Å². The highest BCUT2D eigenvalue weighted by Crippen LogP contribution is 2.35. The van der Waals surface area contributed by atoms with E-state index in [2.05, 4.69) is 20.9 Å². The van der Waals surface area contributed by atoms with Crippen molar-refractivity contribution in [1.29, 1.82) is 0 Å². The van der Waals surface area contributed by atoms with Crippen molar-refractivity contribution in [3.8, 4) is 5.75 Å². The van der Waals surface area contributed by atoms with E-state index in [1.807, 2.05) is 22.6 Å². The van der Waals surface area contributed by atoms with Crippen LogP contribution in [0.3, 0.4) is 0 Å². The molecule has 0 aliphatic rings. The summed E-state index contributed by atoms with van der Waals surface area (Å²) in [5, 5.41) is 0.292. The molecule has 2 nitrogen and oxygen atoms in total. The van der Waals surface area contributed by atoms with Crippen molar-refractivity contribution in [2.75, 3.05) is 7.11 Å². The van der Waals surface area contributed by atoms with Gasteiger partial charge in [0.15, 0.2) is 0 Å². The number of pyridine rings is 1. The van der Waals surface area contributed by atoms with E-state index in [1.165, 1.54) is 13.3 Å². The molecule has 0 aliphatic carbocycles. The van der Waals surface area contributed by atoms with E-state index in [0.717, 1.165) is 0 Å². The lowest BCUT2D eigenvalue weighted by atomic mass is 10.2.